The van der Waals surface area contributed by atoms with Gasteiger partial charge in [0.25, 0.3) is 0 Å². The maximum Gasteiger partial charge on any atom is 0.192 e. The first-order valence-electron chi connectivity index (χ1n) is 8.04. The molecule has 2 aromatic heterocycles. The van der Waals surface area contributed by atoms with Gasteiger partial charge in [-0.1, -0.05) is 13.8 Å². The number of aliphatic imine (C=N–C) groups is 1. The molecule has 0 spiro atoms. The molecule has 4 N–H and O–H groups in total. The Morgan fingerprint density at radius 3 is 2.46 bits per heavy atom. The number of aromatic nitrogens is 2. The van der Waals surface area contributed by atoms with Crippen molar-refractivity contribution in [3.63, 3.8) is 0 Å². The fourth-order valence-corrected chi connectivity index (χ4v) is 3.17. The van der Waals surface area contributed by atoms with Crippen molar-refractivity contribution in [1.82, 2.24) is 9.55 Å². The van der Waals surface area contributed by atoms with Crippen molar-refractivity contribution >= 4 is 11.8 Å². The number of nitrogens with two attached hydrogens (primary N) is 2. The molecule has 6 nitrogen and oxygen atoms in total. The van der Waals surface area contributed by atoms with Gasteiger partial charge in [-0.15, -0.1) is 0 Å². The lowest BCUT2D eigenvalue weighted by molar-refractivity contribution is 0.406. The highest BCUT2D eigenvalue weighted by Crippen LogP contribution is 2.33. The molecule has 2 aromatic rings. The van der Waals surface area contributed by atoms with E-state index in [4.69, 9.17) is 16.2 Å². The molecular weight excluding hydrogens is 302 g/mol. The first-order chi connectivity index (χ1) is 11.3. The molecule has 2 heterocycles. The lowest BCUT2D eigenvalue weighted by atomic mass is 10.0. The van der Waals surface area contributed by atoms with Gasteiger partial charge in [0.2, 0.25) is 0 Å². The number of hydrogen-bond donors (Lipinski definition) is 2. The van der Waals surface area contributed by atoms with Crippen LogP contribution in [0.15, 0.2) is 17.4 Å². The van der Waals surface area contributed by atoms with Crippen LogP contribution in [-0.2, 0) is 6.54 Å². The van der Waals surface area contributed by atoms with Crippen LogP contribution < -0.4 is 16.2 Å². The Morgan fingerprint density at radius 2 is 1.92 bits per heavy atom. The van der Waals surface area contributed by atoms with Gasteiger partial charge < -0.3 is 20.8 Å². The van der Waals surface area contributed by atoms with E-state index < -0.39 is 0 Å². The summed E-state index contributed by atoms with van der Waals surface area (Å²) in [4.78, 5) is 8.94. The summed E-state index contributed by atoms with van der Waals surface area (Å²) in [6, 6.07) is 0. The fourth-order valence-electron chi connectivity index (χ4n) is 3.17. The van der Waals surface area contributed by atoms with Gasteiger partial charge in [-0.05, 0) is 32.3 Å². The molecule has 0 aliphatic carbocycles. The van der Waals surface area contributed by atoms with E-state index in [0.29, 0.717) is 12.5 Å². The third-order valence-electron chi connectivity index (χ3n) is 4.17. The molecule has 24 heavy (non-hydrogen) atoms. The van der Waals surface area contributed by atoms with Gasteiger partial charge in [0.15, 0.2) is 5.96 Å². The standard InChI is InChI=1S/C18H27N5O/c1-10(2)15-12(4)8-23(17(15)22-18(19)20)9-14-13(5)16(24-6)11(3)7-21-14/h7-8,10H,9H2,1-6H3,(H4,19,20,22). The number of pyridine rings is 1. The predicted octanol–water partition coefficient (Wildman–Crippen LogP) is 2.89. The van der Waals surface area contributed by atoms with Gasteiger partial charge in [-0.25, -0.2) is 0 Å². The molecule has 0 aromatic carbocycles. The average Bonchev–Trinajstić information content (AvgIpc) is 2.77. The number of methoxy groups -OCH3 is 1. The molecule has 0 unspecified atom stereocenters. The second-order valence-electron chi connectivity index (χ2n) is 6.41. The third kappa shape index (κ3) is 3.37. The fraction of sp³-hybridized carbons (Fsp3) is 0.444. The van der Waals surface area contributed by atoms with Crippen LogP contribution in [0.5, 0.6) is 5.75 Å². The lowest BCUT2D eigenvalue weighted by Crippen LogP contribution is -2.22. The predicted molar refractivity (Wildman–Crippen MR) is 98.1 cm³/mol. The largest absolute Gasteiger partial charge is 0.496 e. The number of guanidine groups is 1. The van der Waals surface area contributed by atoms with Gasteiger partial charge in [-0.3, -0.25) is 4.98 Å². The van der Waals surface area contributed by atoms with Crippen LogP contribution in [0.25, 0.3) is 0 Å². The average molecular weight is 329 g/mol. The van der Waals surface area contributed by atoms with Crippen molar-refractivity contribution in [2.24, 2.45) is 16.5 Å². The van der Waals surface area contributed by atoms with Gasteiger partial charge in [0, 0.05) is 29.1 Å². The first-order valence-corrected chi connectivity index (χ1v) is 8.04. The molecule has 0 aliphatic rings. The van der Waals surface area contributed by atoms with E-state index in [1.54, 1.807) is 7.11 Å². The quantitative estimate of drug-likeness (QED) is 0.652. The summed E-state index contributed by atoms with van der Waals surface area (Å²) >= 11 is 0. The van der Waals surface area contributed by atoms with Crippen LogP contribution in [0.3, 0.4) is 0 Å². The third-order valence-corrected chi connectivity index (χ3v) is 4.17. The minimum atomic E-state index is 0.0578. The van der Waals surface area contributed by atoms with Crippen LogP contribution in [-0.4, -0.2) is 22.6 Å². The molecule has 0 saturated carbocycles. The minimum Gasteiger partial charge on any atom is -0.496 e. The summed E-state index contributed by atoms with van der Waals surface area (Å²) in [7, 11) is 1.68. The van der Waals surface area contributed by atoms with Crippen molar-refractivity contribution in [1.29, 1.82) is 0 Å². The van der Waals surface area contributed by atoms with E-state index in [0.717, 1.165) is 34.0 Å². The molecule has 0 saturated heterocycles. The number of aryl methyl sites for hydroxylation is 2. The molecule has 0 aliphatic heterocycles. The van der Waals surface area contributed by atoms with Gasteiger partial charge in [0.05, 0.1) is 19.3 Å². The van der Waals surface area contributed by atoms with Gasteiger partial charge in [0.1, 0.15) is 11.6 Å². The van der Waals surface area contributed by atoms with Crippen LogP contribution in [0, 0.1) is 20.8 Å². The number of hydrogen-bond acceptors (Lipinski definition) is 3. The van der Waals surface area contributed by atoms with Crippen molar-refractivity contribution in [3.05, 3.63) is 40.3 Å². The molecule has 2 rings (SSSR count). The molecule has 0 atom stereocenters. The zero-order chi connectivity index (χ0) is 18.0. The topological polar surface area (TPSA) is 91.4 Å². The smallest absolute Gasteiger partial charge is 0.192 e. The normalized spacial score (nSPS) is 11.0. The van der Waals surface area contributed by atoms with Crippen molar-refractivity contribution in [2.75, 3.05) is 7.11 Å². The highest BCUT2D eigenvalue weighted by atomic mass is 16.5. The van der Waals surface area contributed by atoms with Crippen molar-refractivity contribution in [3.8, 4) is 5.75 Å². The second kappa shape index (κ2) is 6.95. The maximum atomic E-state index is 5.64. The highest BCUT2D eigenvalue weighted by molar-refractivity contribution is 5.79. The summed E-state index contributed by atoms with van der Waals surface area (Å²) < 4.78 is 7.55. The number of nitrogens with zero attached hydrogens (tertiary/aromatic N) is 3. The molecule has 0 fully saturated rings. The second-order valence-corrected chi connectivity index (χ2v) is 6.41. The monoisotopic (exact) mass is 329 g/mol. The van der Waals surface area contributed by atoms with E-state index in [9.17, 15) is 0 Å². The Labute approximate surface area is 143 Å². The van der Waals surface area contributed by atoms with Crippen molar-refractivity contribution < 1.29 is 4.74 Å². The van der Waals surface area contributed by atoms with Crippen molar-refractivity contribution in [2.45, 2.75) is 47.1 Å². The van der Waals surface area contributed by atoms with Crippen LogP contribution in [0.1, 0.15) is 47.7 Å². The summed E-state index contributed by atoms with van der Waals surface area (Å²) in [5.74, 6) is 2.05. The summed E-state index contributed by atoms with van der Waals surface area (Å²) in [6.45, 7) is 10.9. The lowest BCUT2D eigenvalue weighted by Gasteiger charge is -2.14. The summed E-state index contributed by atoms with van der Waals surface area (Å²) in [5, 5.41) is 0. The Balaban J connectivity index is 2.55. The number of ether oxygens (including phenoxy) is 1. The Morgan fingerprint density at radius 1 is 1.25 bits per heavy atom. The molecule has 0 bridgehead atoms. The SMILES string of the molecule is COc1c(C)cnc(Cn2cc(C)c(C(C)C)c2N=C(N)N)c1C. The molecule has 130 valence electrons. The zero-order valence-electron chi connectivity index (χ0n) is 15.3. The molecular formula is C18H27N5O. The van der Waals surface area contributed by atoms with E-state index in [1.807, 2.05) is 20.0 Å². The maximum absolute atomic E-state index is 5.64. The van der Waals surface area contributed by atoms with Crippen LogP contribution in [0.2, 0.25) is 0 Å². The zero-order valence-corrected chi connectivity index (χ0v) is 15.3. The first kappa shape index (κ1) is 17.8. The van der Waals surface area contributed by atoms with E-state index in [2.05, 4.69) is 41.5 Å². The van der Waals surface area contributed by atoms with Gasteiger partial charge >= 0.3 is 0 Å². The minimum absolute atomic E-state index is 0.0578. The Bertz CT molecular complexity index is 770. The Kier molecular flexibility index (Phi) is 5.17. The molecule has 0 radical (unpaired) electrons. The van der Waals surface area contributed by atoms with Crippen LogP contribution in [0.4, 0.5) is 5.82 Å². The van der Waals surface area contributed by atoms with Crippen LogP contribution >= 0.6 is 0 Å². The Hall–Kier alpha value is -2.50. The molecule has 0 amide bonds. The number of rotatable bonds is 5. The summed E-state index contributed by atoms with van der Waals surface area (Å²) in [6.07, 6.45) is 3.91. The van der Waals surface area contributed by atoms with E-state index in [-0.39, 0.29) is 5.96 Å². The van der Waals surface area contributed by atoms with Gasteiger partial charge in [-0.2, -0.15) is 4.99 Å². The highest BCUT2D eigenvalue weighted by Gasteiger charge is 2.18. The molecule has 6 heteroatoms. The summed E-state index contributed by atoms with van der Waals surface area (Å²) in [5.41, 5.74) is 16.6. The van der Waals surface area contributed by atoms with E-state index in [1.165, 1.54) is 5.56 Å². The van der Waals surface area contributed by atoms with E-state index >= 15 is 0 Å².